The highest BCUT2D eigenvalue weighted by Gasteiger charge is 2.10. The predicted octanol–water partition coefficient (Wildman–Crippen LogP) is 3.61. The van der Waals surface area contributed by atoms with Crippen molar-refractivity contribution in [2.24, 2.45) is 0 Å². The normalized spacial score (nSPS) is 11.9. The summed E-state index contributed by atoms with van der Waals surface area (Å²) in [6, 6.07) is 8.35. The smallest absolute Gasteiger partial charge is 0.224 e. The molecule has 0 amide bonds. The second-order valence-corrected chi connectivity index (χ2v) is 4.58. The molecule has 1 aromatic carbocycles. The van der Waals surface area contributed by atoms with Gasteiger partial charge in [-0.3, -0.25) is 0 Å². The van der Waals surface area contributed by atoms with Crippen LogP contribution in [0.15, 0.2) is 36.5 Å². The van der Waals surface area contributed by atoms with E-state index >= 15 is 0 Å². The largest absolute Gasteiger partial charge is 0.363 e. The van der Waals surface area contributed by atoms with E-state index in [9.17, 15) is 4.39 Å². The summed E-state index contributed by atoms with van der Waals surface area (Å²) in [6.45, 7) is 4.81. The molecule has 1 heterocycles. The lowest BCUT2D eigenvalue weighted by Crippen LogP contribution is -2.11. The maximum atomic E-state index is 13.7. The lowest BCUT2D eigenvalue weighted by molar-refractivity contribution is 0.600. The van der Waals surface area contributed by atoms with E-state index in [2.05, 4.69) is 27.5 Å². The van der Waals surface area contributed by atoms with Crippen LogP contribution in [0.1, 0.15) is 31.9 Å². The Morgan fingerprint density at radius 2 is 2.05 bits per heavy atom. The molecule has 0 radical (unpaired) electrons. The van der Waals surface area contributed by atoms with Gasteiger partial charge in [-0.05, 0) is 25.5 Å². The summed E-state index contributed by atoms with van der Waals surface area (Å²) >= 11 is 0. The van der Waals surface area contributed by atoms with Crippen LogP contribution >= 0.6 is 0 Å². The van der Waals surface area contributed by atoms with Crippen LogP contribution in [0.4, 0.5) is 16.2 Å². The molecular formula is C15H19FN4. The molecule has 0 saturated heterocycles. The minimum atomic E-state index is -0.217. The van der Waals surface area contributed by atoms with E-state index in [4.69, 9.17) is 0 Å². The highest BCUT2D eigenvalue weighted by atomic mass is 19.1. The molecule has 4 nitrogen and oxygen atoms in total. The number of benzene rings is 1. The molecule has 1 atom stereocenters. The van der Waals surface area contributed by atoms with Crippen LogP contribution in [0, 0.1) is 5.82 Å². The average molecular weight is 274 g/mol. The molecule has 5 heteroatoms. The van der Waals surface area contributed by atoms with Gasteiger partial charge in [-0.1, -0.05) is 25.1 Å². The molecule has 0 aliphatic carbocycles. The molecule has 106 valence electrons. The van der Waals surface area contributed by atoms with Gasteiger partial charge in [-0.2, -0.15) is 4.98 Å². The van der Waals surface area contributed by atoms with Gasteiger partial charge in [0.15, 0.2) is 0 Å². The Morgan fingerprint density at radius 1 is 1.25 bits per heavy atom. The number of nitrogens with one attached hydrogen (secondary N) is 2. The van der Waals surface area contributed by atoms with Crippen LogP contribution in [0.2, 0.25) is 0 Å². The fourth-order valence-corrected chi connectivity index (χ4v) is 1.89. The Bertz CT molecular complexity index is 559. The molecular weight excluding hydrogens is 255 g/mol. The first-order valence-electron chi connectivity index (χ1n) is 6.78. The first kappa shape index (κ1) is 14.2. The lowest BCUT2D eigenvalue weighted by Gasteiger charge is -2.16. The molecule has 2 rings (SSSR count). The number of nitrogens with zero attached hydrogens (tertiary/aromatic N) is 2. The van der Waals surface area contributed by atoms with Crippen LogP contribution in [0.25, 0.3) is 0 Å². The van der Waals surface area contributed by atoms with Crippen molar-refractivity contribution in [1.82, 2.24) is 9.97 Å². The number of hydrogen-bond donors (Lipinski definition) is 2. The second-order valence-electron chi connectivity index (χ2n) is 4.58. The first-order valence-corrected chi connectivity index (χ1v) is 6.78. The van der Waals surface area contributed by atoms with Crippen molar-refractivity contribution < 1.29 is 4.39 Å². The van der Waals surface area contributed by atoms with Crippen molar-refractivity contribution in [2.75, 3.05) is 17.2 Å². The Kier molecular flexibility index (Phi) is 4.87. The Hall–Kier alpha value is -2.17. The fraction of sp³-hybridized carbons (Fsp3) is 0.333. The quantitative estimate of drug-likeness (QED) is 0.845. The zero-order valence-electron chi connectivity index (χ0n) is 11.7. The standard InChI is InChI=1S/C15H19FN4/c1-3-9-17-15-18-10-8-14(20-15)19-11(2)12-6-4-5-7-13(12)16/h4-8,10-11H,3,9H2,1-2H3,(H2,17,18,19,20). The van der Waals surface area contributed by atoms with E-state index in [1.54, 1.807) is 24.4 Å². The van der Waals surface area contributed by atoms with Crippen LogP contribution in [-0.2, 0) is 0 Å². The average Bonchev–Trinajstić information content (AvgIpc) is 2.46. The minimum Gasteiger partial charge on any atom is -0.363 e. The number of halogens is 1. The zero-order chi connectivity index (χ0) is 14.4. The van der Waals surface area contributed by atoms with Crippen LogP contribution in [0.3, 0.4) is 0 Å². The topological polar surface area (TPSA) is 49.8 Å². The van der Waals surface area contributed by atoms with Crippen molar-refractivity contribution in [3.05, 3.63) is 47.9 Å². The maximum Gasteiger partial charge on any atom is 0.224 e. The van der Waals surface area contributed by atoms with Gasteiger partial charge < -0.3 is 10.6 Å². The van der Waals surface area contributed by atoms with E-state index in [1.165, 1.54) is 6.07 Å². The van der Waals surface area contributed by atoms with E-state index < -0.39 is 0 Å². The third-order valence-electron chi connectivity index (χ3n) is 2.92. The number of aromatic nitrogens is 2. The third kappa shape index (κ3) is 3.66. The first-order chi connectivity index (χ1) is 9.70. The molecule has 20 heavy (non-hydrogen) atoms. The molecule has 0 saturated carbocycles. The Labute approximate surface area is 118 Å². The molecule has 2 aromatic rings. The number of anilines is 2. The monoisotopic (exact) mass is 274 g/mol. The highest BCUT2D eigenvalue weighted by molar-refractivity contribution is 5.42. The minimum absolute atomic E-state index is 0.162. The van der Waals surface area contributed by atoms with Gasteiger partial charge in [0, 0.05) is 18.3 Å². The Balaban J connectivity index is 2.08. The number of rotatable bonds is 6. The highest BCUT2D eigenvalue weighted by Crippen LogP contribution is 2.20. The summed E-state index contributed by atoms with van der Waals surface area (Å²) in [6.07, 6.45) is 2.69. The summed E-state index contributed by atoms with van der Waals surface area (Å²) in [5.41, 5.74) is 0.620. The zero-order valence-corrected chi connectivity index (χ0v) is 11.7. The number of hydrogen-bond acceptors (Lipinski definition) is 4. The van der Waals surface area contributed by atoms with E-state index in [0.29, 0.717) is 17.3 Å². The molecule has 0 aliphatic rings. The van der Waals surface area contributed by atoms with Crippen LogP contribution < -0.4 is 10.6 Å². The van der Waals surface area contributed by atoms with Crippen molar-refractivity contribution in [3.63, 3.8) is 0 Å². The molecule has 2 N–H and O–H groups in total. The van der Waals surface area contributed by atoms with Gasteiger partial charge >= 0.3 is 0 Å². The summed E-state index contributed by atoms with van der Waals surface area (Å²) in [5, 5.41) is 6.31. The van der Waals surface area contributed by atoms with E-state index in [0.717, 1.165) is 13.0 Å². The van der Waals surface area contributed by atoms with Gasteiger partial charge in [-0.25, -0.2) is 9.37 Å². The second kappa shape index (κ2) is 6.84. The molecule has 1 aromatic heterocycles. The lowest BCUT2D eigenvalue weighted by atomic mass is 10.1. The molecule has 0 aliphatic heterocycles. The fourth-order valence-electron chi connectivity index (χ4n) is 1.89. The SMILES string of the molecule is CCCNc1nccc(NC(C)c2ccccc2F)n1. The van der Waals surface area contributed by atoms with Crippen molar-refractivity contribution in [1.29, 1.82) is 0 Å². The Morgan fingerprint density at radius 3 is 2.80 bits per heavy atom. The van der Waals surface area contributed by atoms with Crippen molar-refractivity contribution >= 4 is 11.8 Å². The van der Waals surface area contributed by atoms with Crippen molar-refractivity contribution in [2.45, 2.75) is 26.3 Å². The van der Waals surface area contributed by atoms with Gasteiger partial charge in [0.05, 0.1) is 6.04 Å². The van der Waals surface area contributed by atoms with Crippen LogP contribution in [-0.4, -0.2) is 16.5 Å². The summed E-state index contributed by atoms with van der Waals surface area (Å²) < 4.78 is 13.7. The van der Waals surface area contributed by atoms with Gasteiger partial charge in [0.2, 0.25) is 5.95 Å². The summed E-state index contributed by atoms with van der Waals surface area (Å²) in [5.74, 6) is 1.04. The van der Waals surface area contributed by atoms with E-state index in [1.807, 2.05) is 13.0 Å². The predicted molar refractivity (Wildman–Crippen MR) is 79.3 cm³/mol. The van der Waals surface area contributed by atoms with Crippen molar-refractivity contribution in [3.8, 4) is 0 Å². The molecule has 0 bridgehead atoms. The maximum absolute atomic E-state index is 13.7. The van der Waals surface area contributed by atoms with E-state index in [-0.39, 0.29) is 11.9 Å². The van der Waals surface area contributed by atoms with Crippen LogP contribution in [0.5, 0.6) is 0 Å². The summed E-state index contributed by atoms with van der Waals surface area (Å²) in [7, 11) is 0. The summed E-state index contributed by atoms with van der Waals surface area (Å²) in [4.78, 5) is 8.49. The van der Waals surface area contributed by atoms with Gasteiger partial charge in [0.25, 0.3) is 0 Å². The molecule has 0 fully saturated rings. The van der Waals surface area contributed by atoms with Gasteiger partial charge in [-0.15, -0.1) is 0 Å². The molecule has 0 spiro atoms. The third-order valence-corrected chi connectivity index (χ3v) is 2.92. The van der Waals surface area contributed by atoms with Gasteiger partial charge in [0.1, 0.15) is 11.6 Å². The molecule has 1 unspecified atom stereocenters.